The van der Waals surface area contributed by atoms with Crippen molar-refractivity contribution in [3.63, 3.8) is 0 Å². The van der Waals surface area contributed by atoms with Crippen LogP contribution in [0, 0.1) is 6.92 Å². The SMILES string of the molecule is Cc1ccc2nc([C@@H]3CCCN3Cc3nc(-c4ccccc4)no3)[nH]c2c1. The normalized spacial score (nSPS) is 17.7. The van der Waals surface area contributed by atoms with E-state index in [9.17, 15) is 0 Å². The topological polar surface area (TPSA) is 70.8 Å². The molecule has 1 atom stereocenters. The molecule has 136 valence electrons. The van der Waals surface area contributed by atoms with Gasteiger partial charge >= 0.3 is 0 Å². The van der Waals surface area contributed by atoms with Gasteiger partial charge in [0.05, 0.1) is 23.6 Å². The van der Waals surface area contributed by atoms with Crippen molar-refractivity contribution in [2.24, 2.45) is 0 Å². The first-order valence-corrected chi connectivity index (χ1v) is 9.34. The van der Waals surface area contributed by atoms with Crippen LogP contribution in [0.25, 0.3) is 22.4 Å². The Labute approximate surface area is 157 Å². The zero-order valence-electron chi connectivity index (χ0n) is 15.2. The van der Waals surface area contributed by atoms with Crippen molar-refractivity contribution in [2.75, 3.05) is 6.54 Å². The molecule has 27 heavy (non-hydrogen) atoms. The van der Waals surface area contributed by atoms with E-state index in [4.69, 9.17) is 9.51 Å². The summed E-state index contributed by atoms with van der Waals surface area (Å²) >= 11 is 0. The van der Waals surface area contributed by atoms with Gasteiger partial charge < -0.3 is 9.51 Å². The molecule has 4 aromatic rings. The standard InChI is InChI=1S/C21H21N5O/c1-14-9-10-16-17(12-14)23-21(22-16)18-8-5-11-26(18)13-19-24-20(25-27-19)15-6-3-2-4-7-15/h2-4,6-7,9-10,12,18H,5,8,11,13H2,1H3,(H,22,23)/t18-/m0/s1. The highest BCUT2D eigenvalue weighted by atomic mass is 16.5. The molecule has 5 rings (SSSR count). The number of imidazole rings is 1. The first kappa shape index (κ1) is 16.2. The van der Waals surface area contributed by atoms with Gasteiger partial charge in [-0.3, -0.25) is 4.90 Å². The summed E-state index contributed by atoms with van der Waals surface area (Å²) in [5.41, 5.74) is 4.33. The maximum atomic E-state index is 5.51. The lowest BCUT2D eigenvalue weighted by Crippen LogP contribution is -2.23. The van der Waals surface area contributed by atoms with Crippen LogP contribution >= 0.6 is 0 Å². The second-order valence-corrected chi connectivity index (χ2v) is 7.15. The van der Waals surface area contributed by atoms with Crippen LogP contribution < -0.4 is 0 Å². The molecule has 0 amide bonds. The van der Waals surface area contributed by atoms with Gasteiger partial charge in [0.15, 0.2) is 0 Å². The van der Waals surface area contributed by atoms with Gasteiger partial charge in [-0.05, 0) is 44.0 Å². The Bertz CT molecular complexity index is 1070. The van der Waals surface area contributed by atoms with E-state index in [0.717, 1.165) is 41.8 Å². The van der Waals surface area contributed by atoms with Crippen LogP contribution in [-0.4, -0.2) is 31.6 Å². The molecule has 0 aliphatic carbocycles. The molecule has 3 heterocycles. The molecule has 0 unspecified atom stereocenters. The Morgan fingerprint density at radius 2 is 2.04 bits per heavy atom. The third-order valence-electron chi connectivity index (χ3n) is 5.17. The molecule has 2 aromatic carbocycles. The number of hydrogen-bond acceptors (Lipinski definition) is 5. The van der Waals surface area contributed by atoms with E-state index in [0.29, 0.717) is 18.3 Å². The minimum absolute atomic E-state index is 0.254. The van der Waals surface area contributed by atoms with Crippen molar-refractivity contribution in [3.8, 4) is 11.4 Å². The Hall–Kier alpha value is -2.99. The molecule has 1 fully saturated rings. The van der Waals surface area contributed by atoms with E-state index in [1.54, 1.807) is 0 Å². The second kappa shape index (κ2) is 6.63. The monoisotopic (exact) mass is 359 g/mol. The average Bonchev–Trinajstić information content (AvgIpc) is 3.41. The van der Waals surface area contributed by atoms with Crippen molar-refractivity contribution in [3.05, 3.63) is 65.8 Å². The highest BCUT2D eigenvalue weighted by Gasteiger charge is 2.30. The largest absolute Gasteiger partial charge is 0.341 e. The second-order valence-electron chi connectivity index (χ2n) is 7.15. The summed E-state index contributed by atoms with van der Waals surface area (Å²) in [6.07, 6.45) is 2.22. The molecule has 0 radical (unpaired) electrons. The van der Waals surface area contributed by atoms with Gasteiger partial charge in [0.2, 0.25) is 11.7 Å². The molecule has 1 aliphatic rings. The van der Waals surface area contributed by atoms with Crippen molar-refractivity contribution in [1.29, 1.82) is 0 Å². The number of benzene rings is 2. The molecular formula is C21H21N5O. The van der Waals surface area contributed by atoms with E-state index in [-0.39, 0.29) is 6.04 Å². The van der Waals surface area contributed by atoms with Crippen LogP contribution in [0.4, 0.5) is 0 Å². The molecule has 6 nitrogen and oxygen atoms in total. The Balaban J connectivity index is 1.37. The molecule has 2 aromatic heterocycles. The van der Waals surface area contributed by atoms with Crippen LogP contribution in [0.3, 0.4) is 0 Å². The molecular weight excluding hydrogens is 338 g/mol. The molecule has 0 saturated carbocycles. The Kier molecular flexibility index (Phi) is 3.98. The number of aromatic nitrogens is 4. The van der Waals surface area contributed by atoms with Crippen LogP contribution in [0.5, 0.6) is 0 Å². The fourth-order valence-corrected chi connectivity index (χ4v) is 3.82. The number of likely N-dealkylation sites (tertiary alicyclic amines) is 1. The Morgan fingerprint density at radius 3 is 2.93 bits per heavy atom. The Morgan fingerprint density at radius 1 is 1.15 bits per heavy atom. The fraction of sp³-hybridized carbons (Fsp3) is 0.286. The first-order chi connectivity index (χ1) is 13.3. The lowest BCUT2D eigenvalue weighted by atomic mass is 10.2. The van der Waals surface area contributed by atoms with Crippen molar-refractivity contribution >= 4 is 11.0 Å². The van der Waals surface area contributed by atoms with Crippen LogP contribution in [0.15, 0.2) is 53.1 Å². The zero-order chi connectivity index (χ0) is 18.2. The molecule has 6 heteroatoms. The summed E-state index contributed by atoms with van der Waals surface area (Å²) in [6, 6.07) is 16.5. The van der Waals surface area contributed by atoms with Crippen molar-refractivity contribution in [1.82, 2.24) is 25.0 Å². The number of nitrogens with one attached hydrogen (secondary N) is 1. The van der Waals surface area contributed by atoms with E-state index < -0.39 is 0 Å². The van der Waals surface area contributed by atoms with Crippen LogP contribution in [0.1, 0.15) is 36.2 Å². The summed E-state index contributed by atoms with van der Waals surface area (Å²) in [7, 11) is 0. The summed E-state index contributed by atoms with van der Waals surface area (Å²) in [6.45, 7) is 3.74. The van der Waals surface area contributed by atoms with Crippen molar-refractivity contribution < 1.29 is 4.52 Å². The summed E-state index contributed by atoms with van der Waals surface area (Å²) in [4.78, 5) is 15.3. The van der Waals surface area contributed by atoms with Crippen LogP contribution in [0.2, 0.25) is 0 Å². The van der Waals surface area contributed by atoms with E-state index in [1.807, 2.05) is 30.3 Å². The predicted molar refractivity (Wildman–Crippen MR) is 103 cm³/mol. The van der Waals surface area contributed by atoms with E-state index in [2.05, 4.69) is 45.1 Å². The van der Waals surface area contributed by atoms with E-state index in [1.165, 1.54) is 5.56 Å². The molecule has 1 N–H and O–H groups in total. The molecule has 0 spiro atoms. The van der Waals surface area contributed by atoms with Gasteiger partial charge in [-0.25, -0.2) is 4.98 Å². The maximum Gasteiger partial charge on any atom is 0.241 e. The molecule has 1 aliphatic heterocycles. The van der Waals surface area contributed by atoms with Gasteiger partial charge in [0.1, 0.15) is 5.82 Å². The zero-order valence-corrected chi connectivity index (χ0v) is 15.2. The number of H-pyrrole nitrogens is 1. The summed E-state index contributed by atoms with van der Waals surface area (Å²) in [5, 5.41) is 4.13. The van der Waals surface area contributed by atoms with Crippen molar-refractivity contribution in [2.45, 2.75) is 32.4 Å². The van der Waals surface area contributed by atoms with Gasteiger partial charge in [0.25, 0.3) is 0 Å². The minimum atomic E-state index is 0.254. The number of aromatic amines is 1. The predicted octanol–water partition coefficient (Wildman–Crippen LogP) is 4.26. The lowest BCUT2D eigenvalue weighted by Gasteiger charge is -2.20. The third kappa shape index (κ3) is 3.13. The maximum absolute atomic E-state index is 5.51. The smallest absolute Gasteiger partial charge is 0.241 e. The van der Waals surface area contributed by atoms with E-state index >= 15 is 0 Å². The van der Waals surface area contributed by atoms with Gasteiger partial charge in [0, 0.05) is 5.56 Å². The lowest BCUT2D eigenvalue weighted by molar-refractivity contribution is 0.207. The average molecular weight is 359 g/mol. The van der Waals surface area contributed by atoms with Gasteiger partial charge in [-0.2, -0.15) is 4.98 Å². The number of rotatable bonds is 4. The number of fused-ring (bicyclic) bond motifs is 1. The van der Waals surface area contributed by atoms with Gasteiger partial charge in [-0.1, -0.05) is 41.6 Å². The summed E-state index contributed by atoms with van der Waals surface area (Å²) in [5.74, 6) is 2.31. The fourth-order valence-electron chi connectivity index (χ4n) is 3.82. The third-order valence-corrected chi connectivity index (χ3v) is 5.17. The molecule has 1 saturated heterocycles. The number of nitrogens with zero attached hydrogens (tertiary/aromatic N) is 4. The van der Waals surface area contributed by atoms with Crippen LogP contribution in [-0.2, 0) is 6.54 Å². The number of hydrogen-bond donors (Lipinski definition) is 1. The first-order valence-electron chi connectivity index (χ1n) is 9.34. The minimum Gasteiger partial charge on any atom is -0.341 e. The quantitative estimate of drug-likeness (QED) is 0.589. The van der Waals surface area contributed by atoms with Gasteiger partial charge in [-0.15, -0.1) is 0 Å². The molecule has 0 bridgehead atoms. The highest BCUT2D eigenvalue weighted by molar-refractivity contribution is 5.75. The number of aryl methyl sites for hydroxylation is 1. The summed E-state index contributed by atoms with van der Waals surface area (Å²) < 4.78 is 5.51. The highest BCUT2D eigenvalue weighted by Crippen LogP contribution is 2.32.